The topological polar surface area (TPSA) is 38.3 Å². The van der Waals surface area contributed by atoms with Crippen molar-refractivity contribution in [3.63, 3.8) is 0 Å². The molecule has 1 aromatic rings. The number of ether oxygens (including phenoxy) is 1. The van der Waals surface area contributed by atoms with Gasteiger partial charge < -0.3 is 10.1 Å². The predicted octanol–water partition coefficient (Wildman–Crippen LogP) is 3.32. The van der Waals surface area contributed by atoms with Gasteiger partial charge in [0.1, 0.15) is 0 Å². The summed E-state index contributed by atoms with van der Waals surface area (Å²) in [6, 6.07) is 8.30. The van der Waals surface area contributed by atoms with Crippen LogP contribution in [0.3, 0.4) is 0 Å². The van der Waals surface area contributed by atoms with Gasteiger partial charge in [-0.15, -0.1) is 0 Å². The minimum atomic E-state index is 0.103. The number of rotatable bonds is 5. The van der Waals surface area contributed by atoms with E-state index >= 15 is 0 Å². The molecular weight excluding hydrogens is 238 g/mol. The fourth-order valence-electron chi connectivity index (χ4n) is 2.79. The van der Waals surface area contributed by atoms with Gasteiger partial charge in [-0.05, 0) is 55.2 Å². The number of amides is 1. The van der Waals surface area contributed by atoms with E-state index in [4.69, 9.17) is 4.74 Å². The molecular formula is C16H21NO2. The number of carbonyl (C=O) groups excluding carboxylic acids is 1. The molecule has 2 saturated carbocycles. The molecule has 1 aromatic carbocycles. The van der Waals surface area contributed by atoms with Gasteiger partial charge in [0.15, 0.2) is 0 Å². The fourth-order valence-corrected chi connectivity index (χ4v) is 2.79. The number of hydrogen-bond donors (Lipinski definition) is 1. The first-order valence-electron chi connectivity index (χ1n) is 7.19. The fraction of sp³-hybridized carbons (Fsp3) is 0.562. The molecule has 2 atom stereocenters. The first-order valence-corrected chi connectivity index (χ1v) is 7.19. The highest BCUT2D eigenvalue weighted by atomic mass is 16.5. The van der Waals surface area contributed by atoms with Gasteiger partial charge in [0.25, 0.3) is 0 Å². The Balaban J connectivity index is 1.51. The summed E-state index contributed by atoms with van der Waals surface area (Å²) >= 11 is 0. The zero-order chi connectivity index (χ0) is 13.2. The molecule has 0 aliphatic heterocycles. The lowest BCUT2D eigenvalue weighted by Crippen LogP contribution is -2.35. The van der Waals surface area contributed by atoms with Crippen molar-refractivity contribution in [1.29, 1.82) is 0 Å². The van der Waals surface area contributed by atoms with Crippen LogP contribution >= 0.6 is 0 Å². The molecule has 2 unspecified atom stereocenters. The maximum atomic E-state index is 11.9. The third-order valence-corrected chi connectivity index (χ3v) is 4.34. The van der Waals surface area contributed by atoms with Crippen LogP contribution in [0.15, 0.2) is 24.3 Å². The van der Waals surface area contributed by atoms with Crippen molar-refractivity contribution in [2.75, 3.05) is 12.4 Å². The second-order valence-corrected chi connectivity index (χ2v) is 5.76. The second kappa shape index (κ2) is 5.33. The van der Waals surface area contributed by atoms with E-state index in [1.165, 1.54) is 18.4 Å². The van der Waals surface area contributed by atoms with Gasteiger partial charge >= 0.3 is 0 Å². The summed E-state index contributed by atoms with van der Waals surface area (Å²) in [6.45, 7) is 0. The second-order valence-electron chi connectivity index (χ2n) is 5.76. The Morgan fingerprint density at radius 3 is 2.47 bits per heavy atom. The largest absolute Gasteiger partial charge is 0.381 e. The van der Waals surface area contributed by atoms with Gasteiger partial charge in [-0.25, -0.2) is 0 Å². The Kier molecular flexibility index (Phi) is 3.56. The van der Waals surface area contributed by atoms with Crippen molar-refractivity contribution >= 4 is 11.6 Å². The van der Waals surface area contributed by atoms with Gasteiger partial charge in [0, 0.05) is 19.2 Å². The summed E-state index contributed by atoms with van der Waals surface area (Å²) in [5, 5.41) is 2.98. The molecule has 1 N–H and O–H groups in total. The molecule has 2 aliphatic rings. The van der Waals surface area contributed by atoms with Crippen LogP contribution in [0.5, 0.6) is 0 Å². The first-order chi connectivity index (χ1) is 9.26. The van der Waals surface area contributed by atoms with Gasteiger partial charge in [0.05, 0.1) is 6.10 Å². The average Bonchev–Trinajstić information content (AvgIpc) is 3.21. The molecule has 2 fully saturated rings. The SMILES string of the molecule is COC1CCC1CC(=O)Nc1ccc(C2CC2)cc1. The zero-order valence-corrected chi connectivity index (χ0v) is 11.4. The standard InChI is InChI=1S/C16H21NO2/c1-19-15-9-6-13(15)10-16(18)17-14-7-4-12(5-8-14)11-2-3-11/h4-5,7-8,11,13,15H,2-3,6,9-10H2,1H3,(H,17,18). The normalized spacial score (nSPS) is 25.7. The monoisotopic (exact) mass is 259 g/mol. The lowest BCUT2D eigenvalue weighted by molar-refractivity contribution is -0.120. The highest BCUT2D eigenvalue weighted by Gasteiger charge is 2.32. The number of anilines is 1. The van der Waals surface area contributed by atoms with E-state index in [0.717, 1.165) is 24.4 Å². The molecule has 0 aromatic heterocycles. The van der Waals surface area contributed by atoms with E-state index in [1.54, 1.807) is 7.11 Å². The number of carbonyl (C=O) groups is 1. The third kappa shape index (κ3) is 2.98. The summed E-state index contributed by atoms with van der Waals surface area (Å²) < 4.78 is 5.32. The highest BCUT2D eigenvalue weighted by molar-refractivity contribution is 5.90. The number of methoxy groups -OCH3 is 1. The van der Waals surface area contributed by atoms with Crippen molar-refractivity contribution in [1.82, 2.24) is 0 Å². The number of hydrogen-bond acceptors (Lipinski definition) is 2. The van der Waals surface area contributed by atoms with Crippen LogP contribution in [-0.2, 0) is 9.53 Å². The molecule has 0 saturated heterocycles. The predicted molar refractivity (Wildman–Crippen MR) is 75.2 cm³/mol. The van der Waals surface area contributed by atoms with Gasteiger partial charge in [-0.3, -0.25) is 4.79 Å². The summed E-state index contributed by atoms with van der Waals surface area (Å²) in [6.07, 6.45) is 5.67. The van der Waals surface area contributed by atoms with Gasteiger partial charge in [-0.1, -0.05) is 12.1 Å². The molecule has 0 bridgehead atoms. The van der Waals surface area contributed by atoms with Crippen LogP contribution < -0.4 is 5.32 Å². The molecule has 0 spiro atoms. The van der Waals surface area contributed by atoms with Crippen LogP contribution in [0.1, 0.15) is 43.6 Å². The molecule has 0 radical (unpaired) electrons. The molecule has 3 heteroatoms. The summed E-state index contributed by atoms with van der Waals surface area (Å²) in [4.78, 5) is 11.9. The lowest BCUT2D eigenvalue weighted by Gasteiger charge is -2.34. The van der Waals surface area contributed by atoms with Crippen LogP contribution in [0.4, 0.5) is 5.69 Å². The highest BCUT2D eigenvalue weighted by Crippen LogP contribution is 2.40. The Hall–Kier alpha value is -1.35. The van der Waals surface area contributed by atoms with Gasteiger partial charge in [-0.2, -0.15) is 0 Å². The van der Waals surface area contributed by atoms with Crippen molar-refractivity contribution in [2.24, 2.45) is 5.92 Å². The summed E-state index contributed by atoms with van der Waals surface area (Å²) in [5.41, 5.74) is 2.30. The van der Waals surface area contributed by atoms with E-state index in [2.05, 4.69) is 17.4 Å². The molecule has 0 heterocycles. The van der Waals surface area contributed by atoms with Crippen molar-refractivity contribution in [2.45, 2.75) is 44.1 Å². The van der Waals surface area contributed by atoms with Crippen molar-refractivity contribution in [3.8, 4) is 0 Å². The minimum Gasteiger partial charge on any atom is -0.381 e. The van der Waals surface area contributed by atoms with Crippen molar-refractivity contribution < 1.29 is 9.53 Å². The quantitative estimate of drug-likeness (QED) is 0.881. The smallest absolute Gasteiger partial charge is 0.224 e. The Labute approximate surface area is 114 Å². The van der Waals surface area contributed by atoms with Crippen LogP contribution in [-0.4, -0.2) is 19.1 Å². The van der Waals surface area contributed by atoms with Crippen LogP contribution in [0, 0.1) is 5.92 Å². The Morgan fingerprint density at radius 2 is 1.95 bits per heavy atom. The van der Waals surface area contributed by atoms with E-state index < -0.39 is 0 Å². The maximum absolute atomic E-state index is 11.9. The molecule has 102 valence electrons. The Bertz CT molecular complexity index is 448. The molecule has 3 rings (SSSR count). The number of nitrogens with one attached hydrogen (secondary N) is 1. The van der Waals surface area contributed by atoms with Crippen molar-refractivity contribution in [3.05, 3.63) is 29.8 Å². The minimum absolute atomic E-state index is 0.103. The summed E-state index contributed by atoms with van der Waals surface area (Å²) in [5.74, 6) is 1.27. The summed E-state index contributed by atoms with van der Waals surface area (Å²) in [7, 11) is 1.73. The van der Waals surface area contributed by atoms with E-state index in [9.17, 15) is 4.79 Å². The molecule has 1 amide bonds. The Morgan fingerprint density at radius 1 is 1.21 bits per heavy atom. The van der Waals surface area contributed by atoms with Gasteiger partial charge in [0.2, 0.25) is 5.91 Å². The number of benzene rings is 1. The van der Waals surface area contributed by atoms with E-state index in [-0.39, 0.29) is 12.0 Å². The van der Waals surface area contributed by atoms with Crippen LogP contribution in [0.25, 0.3) is 0 Å². The first kappa shape index (κ1) is 12.7. The lowest BCUT2D eigenvalue weighted by atomic mass is 9.79. The van der Waals surface area contributed by atoms with Crippen LogP contribution in [0.2, 0.25) is 0 Å². The third-order valence-electron chi connectivity index (χ3n) is 4.34. The maximum Gasteiger partial charge on any atom is 0.224 e. The molecule has 3 nitrogen and oxygen atoms in total. The van der Waals surface area contributed by atoms with E-state index in [0.29, 0.717) is 12.3 Å². The molecule has 19 heavy (non-hydrogen) atoms. The average molecular weight is 259 g/mol. The molecule has 2 aliphatic carbocycles. The zero-order valence-electron chi connectivity index (χ0n) is 11.4. The van der Waals surface area contributed by atoms with E-state index in [1.807, 2.05) is 12.1 Å².